The maximum Gasteiger partial charge on any atom is 0.262 e. The number of nitrogen functional groups attached to an aromatic ring is 1. The highest BCUT2D eigenvalue weighted by Crippen LogP contribution is 2.31. The fraction of sp³-hybridized carbons (Fsp3) is 0.364. The zero-order valence-electron chi connectivity index (χ0n) is 16.6. The monoisotopic (exact) mass is 409 g/mol. The van der Waals surface area contributed by atoms with Gasteiger partial charge in [0.05, 0.1) is 29.1 Å². The van der Waals surface area contributed by atoms with Crippen molar-refractivity contribution in [2.75, 3.05) is 11.1 Å². The van der Waals surface area contributed by atoms with Crippen molar-refractivity contribution < 1.29 is 9.18 Å². The molecule has 1 amide bonds. The van der Waals surface area contributed by atoms with Gasteiger partial charge in [0.15, 0.2) is 0 Å². The minimum absolute atomic E-state index is 0.157. The molecule has 1 fully saturated rings. The fourth-order valence-corrected chi connectivity index (χ4v) is 4.10. The highest BCUT2D eigenvalue weighted by molar-refractivity contribution is 5.93. The number of rotatable bonds is 5. The van der Waals surface area contributed by atoms with Crippen LogP contribution < -0.4 is 16.6 Å². The van der Waals surface area contributed by atoms with Gasteiger partial charge >= 0.3 is 0 Å². The van der Waals surface area contributed by atoms with Gasteiger partial charge in [-0.05, 0) is 42.7 Å². The Hall–Kier alpha value is -3.29. The summed E-state index contributed by atoms with van der Waals surface area (Å²) in [7, 11) is 0. The van der Waals surface area contributed by atoms with Crippen LogP contribution in [0.2, 0.25) is 0 Å². The van der Waals surface area contributed by atoms with E-state index in [9.17, 15) is 14.0 Å². The van der Waals surface area contributed by atoms with Crippen LogP contribution in [0.5, 0.6) is 0 Å². The number of hydrogen-bond acceptors (Lipinski definition) is 5. The van der Waals surface area contributed by atoms with Crippen molar-refractivity contribution in [2.24, 2.45) is 5.92 Å². The number of nitrogens with one attached hydrogen (secondary N) is 1. The van der Waals surface area contributed by atoms with Crippen LogP contribution in [0.25, 0.3) is 10.9 Å². The molecule has 2 heterocycles. The van der Waals surface area contributed by atoms with Gasteiger partial charge < -0.3 is 11.1 Å². The van der Waals surface area contributed by atoms with Crippen LogP contribution in [0.4, 0.5) is 15.9 Å². The van der Waals surface area contributed by atoms with Crippen LogP contribution in [0.15, 0.2) is 47.7 Å². The highest BCUT2D eigenvalue weighted by atomic mass is 19.1. The molecular weight excluding hydrogens is 385 g/mol. The van der Waals surface area contributed by atoms with Crippen LogP contribution in [-0.2, 0) is 4.79 Å². The van der Waals surface area contributed by atoms with Crippen molar-refractivity contribution in [3.63, 3.8) is 0 Å². The predicted molar refractivity (Wildman–Crippen MR) is 113 cm³/mol. The summed E-state index contributed by atoms with van der Waals surface area (Å²) in [6, 6.07) is 6.38. The van der Waals surface area contributed by atoms with Crippen molar-refractivity contribution in [2.45, 2.75) is 44.6 Å². The molecule has 1 aliphatic carbocycles. The summed E-state index contributed by atoms with van der Waals surface area (Å²) in [4.78, 5) is 34.7. The van der Waals surface area contributed by atoms with Crippen LogP contribution >= 0.6 is 0 Å². The molecule has 8 heteroatoms. The van der Waals surface area contributed by atoms with Gasteiger partial charge in [0.25, 0.3) is 5.56 Å². The number of carbonyl (C=O) groups excluding carboxylic acids is 1. The number of anilines is 2. The second-order valence-electron chi connectivity index (χ2n) is 7.84. The SMILES string of the molecule is Nc1ccc(NC(=O)C(CC2CCCCC2)n2cnc3ccc(F)cc3c2=O)nc1. The second kappa shape index (κ2) is 8.61. The van der Waals surface area contributed by atoms with Crippen molar-refractivity contribution >= 4 is 28.3 Å². The molecule has 0 spiro atoms. The minimum Gasteiger partial charge on any atom is -0.397 e. The van der Waals surface area contributed by atoms with E-state index in [1.807, 2.05) is 0 Å². The van der Waals surface area contributed by atoms with Crippen molar-refractivity contribution in [1.82, 2.24) is 14.5 Å². The van der Waals surface area contributed by atoms with E-state index in [2.05, 4.69) is 15.3 Å². The lowest BCUT2D eigenvalue weighted by Crippen LogP contribution is -2.35. The number of carbonyl (C=O) groups is 1. The van der Waals surface area contributed by atoms with E-state index in [0.717, 1.165) is 31.7 Å². The first-order chi connectivity index (χ1) is 14.5. The van der Waals surface area contributed by atoms with Gasteiger partial charge in [-0.2, -0.15) is 0 Å². The molecule has 3 N–H and O–H groups in total. The van der Waals surface area contributed by atoms with Gasteiger partial charge in [-0.3, -0.25) is 14.2 Å². The number of nitrogens with two attached hydrogens (primary N) is 1. The number of aromatic nitrogens is 3. The number of fused-ring (bicyclic) bond motifs is 1. The minimum atomic E-state index is -0.764. The lowest BCUT2D eigenvalue weighted by atomic mass is 9.84. The van der Waals surface area contributed by atoms with Gasteiger partial charge in [-0.15, -0.1) is 0 Å². The summed E-state index contributed by atoms with van der Waals surface area (Å²) in [5, 5.41) is 2.93. The Labute approximate surface area is 173 Å². The van der Waals surface area contributed by atoms with Crippen molar-refractivity contribution in [3.05, 3.63) is 59.0 Å². The third-order valence-corrected chi connectivity index (χ3v) is 5.70. The molecule has 30 heavy (non-hydrogen) atoms. The Kier molecular flexibility index (Phi) is 5.74. The zero-order valence-corrected chi connectivity index (χ0v) is 16.6. The molecule has 1 aliphatic rings. The molecule has 3 aromatic rings. The van der Waals surface area contributed by atoms with Gasteiger partial charge in [0, 0.05) is 0 Å². The van der Waals surface area contributed by atoms with E-state index in [4.69, 9.17) is 5.73 Å². The van der Waals surface area contributed by atoms with E-state index < -0.39 is 17.4 Å². The van der Waals surface area contributed by atoms with Crippen molar-refractivity contribution in [3.8, 4) is 0 Å². The topological polar surface area (TPSA) is 103 Å². The van der Waals surface area contributed by atoms with Crippen LogP contribution in [0.3, 0.4) is 0 Å². The Morgan fingerprint density at radius 1 is 1.20 bits per heavy atom. The maximum absolute atomic E-state index is 13.7. The third-order valence-electron chi connectivity index (χ3n) is 5.70. The molecule has 1 saturated carbocycles. The van der Waals surface area contributed by atoms with E-state index >= 15 is 0 Å². The zero-order chi connectivity index (χ0) is 21.1. The van der Waals surface area contributed by atoms with E-state index in [1.54, 1.807) is 12.1 Å². The number of benzene rings is 1. The molecule has 0 radical (unpaired) electrons. The lowest BCUT2D eigenvalue weighted by molar-refractivity contribution is -0.120. The standard InChI is InChI=1S/C22H24FN5O2/c23-15-6-8-18-17(11-15)22(30)28(13-26-18)19(10-14-4-2-1-3-5-14)21(29)27-20-9-7-16(24)12-25-20/h6-9,11-14,19H,1-5,10,24H2,(H,25,27,29). The first-order valence-corrected chi connectivity index (χ1v) is 10.2. The Morgan fingerprint density at radius 3 is 2.73 bits per heavy atom. The normalized spacial score (nSPS) is 15.8. The second-order valence-corrected chi connectivity index (χ2v) is 7.84. The molecular formula is C22H24FN5O2. The number of pyridine rings is 1. The summed E-state index contributed by atoms with van der Waals surface area (Å²) in [6.45, 7) is 0. The van der Waals surface area contributed by atoms with Crippen molar-refractivity contribution in [1.29, 1.82) is 0 Å². The number of halogens is 1. The molecule has 0 saturated heterocycles. The van der Waals surface area contributed by atoms with Gasteiger partial charge in [0.2, 0.25) is 5.91 Å². The molecule has 1 aromatic carbocycles. The quantitative estimate of drug-likeness (QED) is 0.669. The van der Waals surface area contributed by atoms with Gasteiger partial charge in [0.1, 0.15) is 17.7 Å². The number of nitrogens with zero attached hydrogens (tertiary/aromatic N) is 3. The smallest absolute Gasteiger partial charge is 0.262 e. The summed E-state index contributed by atoms with van der Waals surface area (Å²) in [5.74, 6) is -0.171. The Balaban J connectivity index is 1.69. The fourth-order valence-electron chi connectivity index (χ4n) is 4.10. The third kappa shape index (κ3) is 4.32. The largest absolute Gasteiger partial charge is 0.397 e. The molecule has 7 nitrogen and oxygen atoms in total. The van der Waals surface area contributed by atoms with Gasteiger partial charge in [-0.1, -0.05) is 32.1 Å². The first-order valence-electron chi connectivity index (χ1n) is 10.2. The Bertz CT molecular complexity index is 1110. The predicted octanol–water partition coefficient (Wildman–Crippen LogP) is 3.66. The molecule has 1 unspecified atom stereocenters. The lowest BCUT2D eigenvalue weighted by Gasteiger charge is -2.27. The number of hydrogen-bond donors (Lipinski definition) is 2. The van der Waals surface area contributed by atoms with Crippen LogP contribution in [-0.4, -0.2) is 20.4 Å². The Morgan fingerprint density at radius 2 is 2.00 bits per heavy atom. The molecule has 0 aliphatic heterocycles. The maximum atomic E-state index is 13.7. The van der Waals surface area contributed by atoms with E-state index in [1.165, 1.54) is 35.6 Å². The van der Waals surface area contributed by atoms with Crippen LogP contribution in [0, 0.1) is 11.7 Å². The molecule has 156 valence electrons. The van der Waals surface area contributed by atoms with Gasteiger partial charge in [-0.25, -0.2) is 14.4 Å². The average molecular weight is 409 g/mol. The van der Waals surface area contributed by atoms with E-state index in [0.29, 0.717) is 29.4 Å². The van der Waals surface area contributed by atoms with Crippen LogP contribution in [0.1, 0.15) is 44.6 Å². The summed E-state index contributed by atoms with van der Waals surface area (Å²) >= 11 is 0. The van der Waals surface area contributed by atoms with E-state index in [-0.39, 0.29) is 11.3 Å². The summed E-state index contributed by atoms with van der Waals surface area (Å²) in [5.41, 5.74) is 6.11. The molecule has 0 bridgehead atoms. The average Bonchev–Trinajstić information content (AvgIpc) is 2.75. The first kappa shape index (κ1) is 20.0. The molecule has 4 rings (SSSR count). The molecule has 2 aromatic heterocycles. The summed E-state index contributed by atoms with van der Waals surface area (Å²) in [6.07, 6.45) is 8.83. The summed E-state index contributed by atoms with van der Waals surface area (Å²) < 4.78 is 15.0. The highest BCUT2D eigenvalue weighted by Gasteiger charge is 2.27. The number of amides is 1. The molecule has 1 atom stereocenters.